The van der Waals surface area contributed by atoms with Gasteiger partial charge in [-0.2, -0.15) is 0 Å². The fourth-order valence-corrected chi connectivity index (χ4v) is 3.76. The molecule has 0 unspecified atom stereocenters. The van der Waals surface area contributed by atoms with Gasteiger partial charge in [0.25, 0.3) is 0 Å². The van der Waals surface area contributed by atoms with Gasteiger partial charge in [0.15, 0.2) is 0 Å². The van der Waals surface area contributed by atoms with Crippen molar-refractivity contribution in [2.24, 2.45) is 0 Å². The van der Waals surface area contributed by atoms with Crippen LogP contribution in [-0.2, 0) is 10.0 Å². The van der Waals surface area contributed by atoms with Crippen LogP contribution in [0, 0.1) is 0 Å². The number of benzene rings is 1. The average molecular weight is 295 g/mol. The minimum Gasteiger partial charge on any atom is -0.315 e. The largest absolute Gasteiger partial charge is 0.315 e. The van der Waals surface area contributed by atoms with Crippen LogP contribution in [0.1, 0.15) is 6.42 Å². The Morgan fingerprint density at radius 1 is 1.35 bits per heavy atom. The highest BCUT2D eigenvalue weighted by molar-refractivity contribution is 7.89. The Hall–Kier alpha value is -0.330. The van der Waals surface area contributed by atoms with Crippen molar-refractivity contribution in [2.75, 3.05) is 13.1 Å². The molecule has 0 saturated carbocycles. The molecule has 0 bridgehead atoms. The van der Waals surface area contributed by atoms with E-state index in [1.54, 1.807) is 12.1 Å². The highest BCUT2D eigenvalue weighted by Gasteiger charge is 2.25. The third-order valence-corrected chi connectivity index (χ3v) is 5.08. The number of rotatable bonds is 3. The molecule has 1 atom stereocenters. The molecule has 1 aliphatic heterocycles. The zero-order chi connectivity index (χ0) is 12.5. The maximum absolute atomic E-state index is 12.1. The van der Waals surface area contributed by atoms with Crippen LogP contribution in [0.5, 0.6) is 0 Å². The first-order valence-electron chi connectivity index (χ1n) is 5.18. The van der Waals surface area contributed by atoms with Crippen LogP contribution in [-0.4, -0.2) is 27.5 Å². The van der Waals surface area contributed by atoms with E-state index >= 15 is 0 Å². The van der Waals surface area contributed by atoms with Crippen LogP contribution in [0.15, 0.2) is 23.1 Å². The average Bonchev–Trinajstić information content (AvgIpc) is 2.73. The van der Waals surface area contributed by atoms with Gasteiger partial charge in [0.05, 0.1) is 10.0 Å². The van der Waals surface area contributed by atoms with Crippen molar-refractivity contribution >= 4 is 33.2 Å². The molecule has 0 spiro atoms. The van der Waals surface area contributed by atoms with Crippen molar-refractivity contribution < 1.29 is 8.42 Å². The molecule has 1 fully saturated rings. The third kappa shape index (κ3) is 2.92. The van der Waals surface area contributed by atoms with Crippen LogP contribution in [0.3, 0.4) is 0 Å². The molecular formula is C10H12Cl2N2O2S. The molecule has 1 aromatic carbocycles. The fraction of sp³-hybridized carbons (Fsp3) is 0.400. The van der Waals surface area contributed by atoms with Gasteiger partial charge in [0, 0.05) is 12.6 Å². The molecule has 0 aliphatic carbocycles. The summed E-state index contributed by atoms with van der Waals surface area (Å²) in [5.74, 6) is 0. The maximum atomic E-state index is 12.1. The van der Waals surface area contributed by atoms with Crippen molar-refractivity contribution in [1.82, 2.24) is 10.0 Å². The quantitative estimate of drug-likeness (QED) is 0.891. The first-order valence-corrected chi connectivity index (χ1v) is 7.41. The lowest BCUT2D eigenvalue weighted by atomic mass is 10.3. The SMILES string of the molecule is O=S(=O)(N[C@H]1CCNC1)c1cccc(Cl)c1Cl. The van der Waals surface area contributed by atoms with E-state index in [9.17, 15) is 8.42 Å². The minimum absolute atomic E-state index is 0.0265. The lowest BCUT2D eigenvalue weighted by Crippen LogP contribution is -2.36. The molecule has 2 rings (SSSR count). The smallest absolute Gasteiger partial charge is 0.242 e. The van der Waals surface area contributed by atoms with E-state index in [-0.39, 0.29) is 21.0 Å². The molecule has 0 amide bonds. The summed E-state index contributed by atoms with van der Waals surface area (Å²) in [5, 5.41) is 3.38. The normalized spacial score (nSPS) is 20.7. The lowest BCUT2D eigenvalue weighted by molar-refractivity contribution is 0.560. The van der Waals surface area contributed by atoms with Crippen LogP contribution in [0.25, 0.3) is 0 Å². The summed E-state index contributed by atoms with van der Waals surface area (Å²) in [6.07, 6.45) is 0.775. The number of nitrogens with one attached hydrogen (secondary N) is 2. The molecule has 7 heteroatoms. The summed E-state index contributed by atoms with van der Waals surface area (Å²) >= 11 is 11.7. The van der Waals surface area contributed by atoms with Gasteiger partial charge in [0.2, 0.25) is 10.0 Å². The molecule has 0 aromatic heterocycles. The van der Waals surface area contributed by atoms with Crippen molar-refractivity contribution in [3.8, 4) is 0 Å². The molecule has 1 aliphatic rings. The van der Waals surface area contributed by atoms with Crippen LogP contribution < -0.4 is 10.0 Å². The molecule has 94 valence electrons. The first kappa shape index (κ1) is 13.1. The Kier molecular flexibility index (Phi) is 3.95. The van der Waals surface area contributed by atoms with Gasteiger partial charge in [0.1, 0.15) is 4.90 Å². The Morgan fingerprint density at radius 3 is 2.76 bits per heavy atom. The van der Waals surface area contributed by atoms with Crippen molar-refractivity contribution in [3.63, 3.8) is 0 Å². The first-order chi connectivity index (χ1) is 8.00. The molecule has 17 heavy (non-hydrogen) atoms. The van der Waals surface area contributed by atoms with Gasteiger partial charge >= 0.3 is 0 Å². The van der Waals surface area contributed by atoms with E-state index in [0.29, 0.717) is 6.54 Å². The van der Waals surface area contributed by atoms with Gasteiger partial charge < -0.3 is 5.32 Å². The summed E-state index contributed by atoms with van der Waals surface area (Å²) < 4.78 is 26.8. The number of halogens is 2. The van der Waals surface area contributed by atoms with Gasteiger partial charge in [-0.25, -0.2) is 13.1 Å². The topological polar surface area (TPSA) is 58.2 Å². The van der Waals surface area contributed by atoms with Crippen LogP contribution in [0.2, 0.25) is 10.0 Å². The summed E-state index contributed by atoms with van der Waals surface area (Å²) in [5.41, 5.74) is 0. The lowest BCUT2D eigenvalue weighted by Gasteiger charge is -2.13. The second-order valence-electron chi connectivity index (χ2n) is 3.86. The third-order valence-electron chi connectivity index (χ3n) is 2.59. The monoisotopic (exact) mass is 294 g/mol. The van der Waals surface area contributed by atoms with Crippen LogP contribution in [0.4, 0.5) is 0 Å². The Bertz CT molecular complexity index is 513. The van der Waals surface area contributed by atoms with Gasteiger partial charge in [-0.05, 0) is 25.1 Å². The highest BCUT2D eigenvalue weighted by Crippen LogP contribution is 2.28. The summed E-state index contributed by atoms with van der Waals surface area (Å²) in [6.45, 7) is 1.45. The van der Waals surface area contributed by atoms with Crippen LogP contribution >= 0.6 is 23.2 Å². The summed E-state index contributed by atoms with van der Waals surface area (Å²) in [6, 6.07) is 4.48. The molecule has 1 heterocycles. The van der Waals surface area contributed by atoms with E-state index < -0.39 is 10.0 Å². The summed E-state index contributed by atoms with van der Waals surface area (Å²) in [7, 11) is -3.60. The standard InChI is InChI=1S/C10H12Cl2N2O2S/c11-8-2-1-3-9(10(8)12)17(15,16)14-7-4-5-13-6-7/h1-3,7,13-14H,4-6H2/t7-/m0/s1. The van der Waals surface area contributed by atoms with Gasteiger partial charge in [-0.1, -0.05) is 29.3 Å². The Morgan fingerprint density at radius 2 is 2.12 bits per heavy atom. The van der Waals surface area contributed by atoms with Crippen molar-refractivity contribution in [1.29, 1.82) is 0 Å². The predicted octanol–water partition coefficient (Wildman–Crippen LogP) is 1.63. The molecule has 1 aromatic rings. The fourth-order valence-electron chi connectivity index (χ4n) is 1.73. The molecule has 4 nitrogen and oxygen atoms in total. The molecule has 1 saturated heterocycles. The van der Waals surface area contributed by atoms with E-state index in [4.69, 9.17) is 23.2 Å². The van der Waals surface area contributed by atoms with Crippen molar-refractivity contribution in [3.05, 3.63) is 28.2 Å². The number of sulfonamides is 1. The molecule has 2 N–H and O–H groups in total. The van der Waals surface area contributed by atoms with Gasteiger partial charge in [-0.15, -0.1) is 0 Å². The zero-order valence-corrected chi connectivity index (χ0v) is 11.2. The predicted molar refractivity (Wildman–Crippen MR) is 68.1 cm³/mol. The number of hydrogen-bond acceptors (Lipinski definition) is 3. The van der Waals surface area contributed by atoms with E-state index in [1.807, 2.05) is 0 Å². The second kappa shape index (κ2) is 5.12. The summed E-state index contributed by atoms with van der Waals surface area (Å²) in [4.78, 5) is 0.0265. The van der Waals surface area contributed by atoms with Gasteiger partial charge in [-0.3, -0.25) is 0 Å². The Labute approximate surface area is 110 Å². The minimum atomic E-state index is -3.60. The van der Waals surface area contributed by atoms with Crippen molar-refractivity contribution in [2.45, 2.75) is 17.4 Å². The second-order valence-corrected chi connectivity index (χ2v) is 6.33. The number of hydrogen-bond donors (Lipinski definition) is 2. The Balaban J connectivity index is 2.28. The van der Waals surface area contributed by atoms with E-state index in [2.05, 4.69) is 10.0 Å². The van der Waals surface area contributed by atoms with E-state index in [0.717, 1.165) is 13.0 Å². The highest BCUT2D eigenvalue weighted by atomic mass is 35.5. The van der Waals surface area contributed by atoms with E-state index in [1.165, 1.54) is 6.07 Å². The molecule has 0 radical (unpaired) electrons. The zero-order valence-electron chi connectivity index (χ0n) is 8.91. The maximum Gasteiger partial charge on any atom is 0.242 e. The molecular weight excluding hydrogens is 283 g/mol.